The Morgan fingerprint density at radius 1 is 0.800 bits per heavy atom. The van der Waals surface area contributed by atoms with Gasteiger partial charge in [-0.05, 0) is 32.0 Å². The quantitative estimate of drug-likeness (QED) is 0.418. The summed E-state index contributed by atoms with van der Waals surface area (Å²) in [6.45, 7) is 2.69. The second-order valence-electron chi connectivity index (χ2n) is 8.20. The third-order valence-electron chi connectivity index (χ3n) is 5.47. The Kier molecular flexibility index (Phi) is 6.55. The highest BCUT2D eigenvalue weighted by atomic mass is 16.5. The number of hydrogen-bond acceptors (Lipinski definition) is 6. The third-order valence-corrected chi connectivity index (χ3v) is 5.47. The highest BCUT2D eigenvalue weighted by Gasteiger charge is 2.31. The van der Waals surface area contributed by atoms with E-state index in [0.717, 1.165) is 11.1 Å². The number of carbonyl (C=O) groups is 5. The number of aryl methyl sites for hydroxylation is 2. The molecule has 0 spiro atoms. The van der Waals surface area contributed by atoms with Gasteiger partial charge in [0.1, 0.15) is 6.54 Å². The van der Waals surface area contributed by atoms with Gasteiger partial charge in [-0.15, -0.1) is 0 Å². The van der Waals surface area contributed by atoms with E-state index in [1.165, 1.54) is 12.1 Å². The number of fused-ring (bicyclic) bond motifs is 2. The molecule has 0 aliphatic heterocycles. The molecule has 3 aromatic carbocycles. The largest absolute Gasteiger partial charge is 0.454 e. The van der Waals surface area contributed by atoms with Gasteiger partial charge in [0, 0.05) is 22.3 Å². The van der Waals surface area contributed by atoms with Gasteiger partial charge in [0.05, 0.1) is 11.3 Å². The molecule has 0 atom stereocenters. The van der Waals surface area contributed by atoms with Crippen LogP contribution in [0.15, 0.2) is 60.7 Å². The monoisotopic (exact) mass is 470 g/mol. The summed E-state index contributed by atoms with van der Waals surface area (Å²) in [4.78, 5) is 62.5. The fraction of sp³-hybridized carbons (Fsp3) is 0.148. The van der Waals surface area contributed by atoms with Crippen LogP contribution in [-0.2, 0) is 14.3 Å². The second kappa shape index (κ2) is 9.72. The summed E-state index contributed by atoms with van der Waals surface area (Å²) in [6, 6.07) is 16.4. The summed E-state index contributed by atoms with van der Waals surface area (Å²) in [5.74, 6) is -2.60. The predicted octanol–water partition coefficient (Wildman–Crippen LogP) is 2.99. The number of nitrogens with one attached hydrogen (secondary N) is 2. The predicted molar refractivity (Wildman–Crippen MR) is 128 cm³/mol. The number of benzene rings is 3. The molecule has 1 aliphatic carbocycles. The van der Waals surface area contributed by atoms with Crippen molar-refractivity contribution in [2.75, 3.05) is 18.5 Å². The van der Waals surface area contributed by atoms with E-state index >= 15 is 0 Å². The number of amides is 2. The molecule has 176 valence electrons. The van der Waals surface area contributed by atoms with Crippen LogP contribution in [0, 0.1) is 13.8 Å². The lowest BCUT2D eigenvalue weighted by atomic mass is 9.83. The van der Waals surface area contributed by atoms with Gasteiger partial charge in [0.15, 0.2) is 18.2 Å². The molecule has 2 amide bonds. The zero-order chi connectivity index (χ0) is 25.1. The number of esters is 1. The molecule has 0 bridgehead atoms. The molecule has 0 fully saturated rings. The molecule has 4 rings (SSSR count). The Balaban J connectivity index is 1.36. The van der Waals surface area contributed by atoms with E-state index in [0.29, 0.717) is 11.1 Å². The molecule has 35 heavy (non-hydrogen) atoms. The number of rotatable bonds is 6. The highest BCUT2D eigenvalue weighted by Crippen LogP contribution is 2.31. The average Bonchev–Trinajstić information content (AvgIpc) is 2.84. The molecule has 8 heteroatoms. The van der Waals surface area contributed by atoms with Crippen molar-refractivity contribution in [2.24, 2.45) is 0 Å². The zero-order valence-electron chi connectivity index (χ0n) is 19.1. The minimum Gasteiger partial charge on any atom is -0.454 e. The van der Waals surface area contributed by atoms with Crippen molar-refractivity contribution in [3.63, 3.8) is 0 Å². The van der Waals surface area contributed by atoms with E-state index in [4.69, 9.17) is 4.74 Å². The highest BCUT2D eigenvalue weighted by molar-refractivity contribution is 6.30. The first-order valence-corrected chi connectivity index (χ1v) is 10.9. The first-order chi connectivity index (χ1) is 16.7. The Morgan fingerprint density at radius 3 is 2.11 bits per heavy atom. The molecular weight excluding hydrogens is 448 g/mol. The molecule has 2 N–H and O–H groups in total. The van der Waals surface area contributed by atoms with Crippen molar-refractivity contribution in [3.8, 4) is 0 Å². The van der Waals surface area contributed by atoms with Crippen LogP contribution >= 0.6 is 0 Å². The smallest absolute Gasteiger partial charge is 0.325 e. The number of ketones is 2. The van der Waals surface area contributed by atoms with E-state index in [1.807, 2.05) is 19.9 Å². The van der Waals surface area contributed by atoms with Crippen molar-refractivity contribution in [1.82, 2.24) is 5.32 Å². The van der Waals surface area contributed by atoms with Crippen LogP contribution in [0.1, 0.15) is 53.3 Å². The van der Waals surface area contributed by atoms with E-state index in [9.17, 15) is 24.0 Å². The first kappa shape index (κ1) is 23.6. The lowest BCUT2D eigenvalue weighted by Gasteiger charge is -2.20. The molecule has 0 unspecified atom stereocenters. The molecule has 0 aromatic heterocycles. The van der Waals surface area contributed by atoms with Crippen LogP contribution in [-0.4, -0.2) is 42.5 Å². The average molecular weight is 470 g/mol. The normalized spacial score (nSPS) is 11.8. The SMILES string of the molecule is Cc1cc(C)cc(C(=O)NCC(=O)OCC(=O)Nc2cccc3c2C(=O)c2ccccc2C3=O)c1. The Morgan fingerprint density at radius 2 is 1.43 bits per heavy atom. The first-order valence-electron chi connectivity index (χ1n) is 10.9. The molecule has 0 saturated heterocycles. The minimum atomic E-state index is -0.798. The van der Waals surface area contributed by atoms with Crippen LogP contribution in [0.25, 0.3) is 0 Å². The van der Waals surface area contributed by atoms with Crippen molar-refractivity contribution in [3.05, 3.63) is 99.6 Å². The van der Waals surface area contributed by atoms with E-state index in [2.05, 4.69) is 10.6 Å². The van der Waals surface area contributed by atoms with Crippen LogP contribution in [0.5, 0.6) is 0 Å². The van der Waals surface area contributed by atoms with Gasteiger partial charge < -0.3 is 15.4 Å². The number of anilines is 1. The van der Waals surface area contributed by atoms with E-state index in [-0.39, 0.29) is 33.9 Å². The van der Waals surface area contributed by atoms with Crippen LogP contribution in [0.4, 0.5) is 5.69 Å². The van der Waals surface area contributed by atoms with Gasteiger partial charge in [0.2, 0.25) is 0 Å². The topological polar surface area (TPSA) is 119 Å². The summed E-state index contributed by atoms with van der Waals surface area (Å²) in [6.07, 6.45) is 0. The van der Waals surface area contributed by atoms with Crippen molar-refractivity contribution >= 4 is 35.0 Å². The minimum absolute atomic E-state index is 0.0941. The van der Waals surface area contributed by atoms with Crippen molar-refractivity contribution in [2.45, 2.75) is 13.8 Å². The maximum atomic E-state index is 13.0. The molecular formula is C27H22N2O6. The summed E-state index contributed by atoms with van der Waals surface area (Å²) in [7, 11) is 0. The summed E-state index contributed by atoms with van der Waals surface area (Å²) < 4.78 is 4.94. The maximum absolute atomic E-state index is 13.0. The number of ether oxygens (including phenoxy) is 1. The van der Waals surface area contributed by atoms with Crippen molar-refractivity contribution < 1.29 is 28.7 Å². The van der Waals surface area contributed by atoms with Crippen LogP contribution in [0.3, 0.4) is 0 Å². The lowest BCUT2D eigenvalue weighted by Crippen LogP contribution is -2.32. The van der Waals surface area contributed by atoms with Gasteiger partial charge in [0.25, 0.3) is 11.8 Å². The molecule has 1 aliphatic rings. The van der Waals surface area contributed by atoms with Crippen LogP contribution in [0.2, 0.25) is 0 Å². The third kappa shape index (κ3) is 5.01. The summed E-state index contributed by atoms with van der Waals surface area (Å²) in [5.41, 5.74) is 3.27. The fourth-order valence-electron chi connectivity index (χ4n) is 3.99. The molecule has 0 heterocycles. The van der Waals surface area contributed by atoms with Gasteiger partial charge >= 0.3 is 5.97 Å². The lowest BCUT2D eigenvalue weighted by molar-refractivity contribution is -0.146. The van der Waals surface area contributed by atoms with Gasteiger partial charge in [-0.1, -0.05) is 53.6 Å². The van der Waals surface area contributed by atoms with Gasteiger partial charge in [-0.25, -0.2) is 0 Å². The fourth-order valence-corrected chi connectivity index (χ4v) is 3.99. The van der Waals surface area contributed by atoms with E-state index < -0.39 is 30.9 Å². The van der Waals surface area contributed by atoms with Crippen molar-refractivity contribution in [1.29, 1.82) is 0 Å². The summed E-state index contributed by atoms with van der Waals surface area (Å²) in [5, 5.41) is 4.99. The molecule has 0 saturated carbocycles. The van der Waals surface area contributed by atoms with E-state index in [1.54, 1.807) is 42.5 Å². The standard InChI is InChI=1S/C27H22N2O6/c1-15-10-16(2)12-17(11-15)27(34)28-13-23(31)35-14-22(30)29-21-9-5-8-20-24(21)26(33)19-7-4-3-6-18(19)25(20)32/h3-12H,13-14H2,1-2H3,(H,28,34)(H,29,30). The molecule has 3 aromatic rings. The maximum Gasteiger partial charge on any atom is 0.325 e. The molecule has 8 nitrogen and oxygen atoms in total. The summed E-state index contributed by atoms with van der Waals surface area (Å²) >= 11 is 0. The van der Waals surface area contributed by atoms with Gasteiger partial charge in [-0.3, -0.25) is 24.0 Å². The Hall–Kier alpha value is -4.59. The van der Waals surface area contributed by atoms with Crippen LogP contribution < -0.4 is 10.6 Å². The zero-order valence-corrected chi connectivity index (χ0v) is 19.1. The van der Waals surface area contributed by atoms with Gasteiger partial charge in [-0.2, -0.15) is 0 Å². The Labute approximate surface area is 201 Å². The Bertz CT molecular complexity index is 1370. The number of hydrogen-bond donors (Lipinski definition) is 2. The second-order valence-corrected chi connectivity index (χ2v) is 8.20. The molecule has 0 radical (unpaired) electrons. The number of carbonyl (C=O) groups excluding carboxylic acids is 5.